The molecule has 0 bridgehead atoms. The largest absolute Gasteiger partial charge is 0.466 e. The van der Waals surface area contributed by atoms with E-state index in [-0.39, 0.29) is 36.7 Å². The van der Waals surface area contributed by atoms with Gasteiger partial charge in [-0.3, -0.25) is 14.5 Å². The van der Waals surface area contributed by atoms with E-state index >= 15 is 0 Å². The maximum atomic E-state index is 12.6. The van der Waals surface area contributed by atoms with Crippen LogP contribution in [-0.4, -0.2) is 41.0 Å². The molecule has 0 spiro atoms. The molecule has 1 saturated heterocycles. The van der Waals surface area contributed by atoms with Gasteiger partial charge in [-0.05, 0) is 44.2 Å². The lowest BCUT2D eigenvalue weighted by Crippen LogP contribution is -2.53. The molecule has 1 amide bonds. The molecule has 1 aromatic rings. The van der Waals surface area contributed by atoms with Crippen LogP contribution >= 0.6 is 11.3 Å². The minimum atomic E-state index is -0.987. The Balaban J connectivity index is 2.29. The van der Waals surface area contributed by atoms with Crippen LogP contribution in [0.4, 0.5) is 4.79 Å². The van der Waals surface area contributed by atoms with E-state index in [9.17, 15) is 19.5 Å². The summed E-state index contributed by atoms with van der Waals surface area (Å²) in [5, 5.41) is 9.71. The first kappa shape index (κ1) is 21.4. The third kappa shape index (κ3) is 4.69. The zero-order valence-electron chi connectivity index (χ0n) is 16.7. The number of amides is 1. The number of rotatable bonds is 5. The van der Waals surface area contributed by atoms with Crippen molar-refractivity contribution in [1.82, 2.24) is 4.90 Å². The van der Waals surface area contributed by atoms with Gasteiger partial charge in [0.2, 0.25) is 0 Å². The number of hydrogen-bond acceptors (Lipinski definition) is 5. The molecule has 2 heterocycles. The second kappa shape index (κ2) is 8.00. The minimum Gasteiger partial charge on any atom is -0.466 e. The molecule has 0 aromatic carbocycles. The van der Waals surface area contributed by atoms with Gasteiger partial charge in [0.25, 0.3) is 0 Å². The van der Waals surface area contributed by atoms with E-state index in [1.807, 2.05) is 19.1 Å². The normalized spacial score (nSPS) is 23.1. The predicted molar refractivity (Wildman–Crippen MR) is 104 cm³/mol. The third-order valence-corrected chi connectivity index (χ3v) is 6.89. The van der Waals surface area contributed by atoms with E-state index in [0.717, 1.165) is 4.88 Å². The first-order valence-electron chi connectivity index (χ1n) is 9.28. The number of ketones is 1. The average Bonchev–Trinajstić information content (AvgIpc) is 3.05. The summed E-state index contributed by atoms with van der Waals surface area (Å²) in [6.07, 6.45) is -0.432. The number of hydrogen-bond donors (Lipinski definition) is 1. The molecule has 6 nitrogen and oxygen atoms in total. The SMILES string of the molecule is CCOC(=O)CC(=O)[C@@H]1CCN(C(=O)O)[C@](C)(c2ccc(C(C)(C)C)s2)C1. The Labute approximate surface area is 164 Å². The van der Waals surface area contributed by atoms with Gasteiger partial charge in [-0.1, -0.05) is 20.8 Å². The molecule has 0 unspecified atom stereocenters. The zero-order valence-corrected chi connectivity index (χ0v) is 17.5. The summed E-state index contributed by atoms with van der Waals surface area (Å²) in [6, 6.07) is 4.01. The highest BCUT2D eigenvalue weighted by Crippen LogP contribution is 2.44. The molecule has 0 saturated carbocycles. The Bertz CT molecular complexity index is 720. The van der Waals surface area contributed by atoms with Gasteiger partial charge in [0, 0.05) is 22.2 Å². The maximum absolute atomic E-state index is 12.6. The van der Waals surface area contributed by atoms with Gasteiger partial charge in [-0.2, -0.15) is 0 Å². The number of piperidine rings is 1. The molecular formula is C20H29NO5S. The molecule has 2 atom stereocenters. The number of carbonyl (C=O) groups excluding carboxylic acids is 2. The number of Topliss-reactive ketones (excluding diaryl/α,β-unsaturated/α-hetero) is 1. The first-order chi connectivity index (χ1) is 12.5. The molecule has 150 valence electrons. The van der Waals surface area contributed by atoms with Crippen LogP contribution < -0.4 is 0 Å². The second-order valence-electron chi connectivity index (χ2n) is 8.26. The van der Waals surface area contributed by atoms with E-state index in [2.05, 4.69) is 20.8 Å². The fourth-order valence-electron chi connectivity index (χ4n) is 3.57. The fraction of sp³-hybridized carbons (Fsp3) is 0.650. The van der Waals surface area contributed by atoms with Gasteiger partial charge in [0.05, 0.1) is 12.1 Å². The Morgan fingerprint density at radius 2 is 2.00 bits per heavy atom. The summed E-state index contributed by atoms with van der Waals surface area (Å²) in [6.45, 7) is 10.4. The van der Waals surface area contributed by atoms with Gasteiger partial charge in [-0.15, -0.1) is 11.3 Å². The van der Waals surface area contributed by atoms with Crippen molar-refractivity contribution in [3.8, 4) is 0 Å². The van der Waals surface area contributed by atoms with Crippen molar-refractivity contribution in [1.29, 1.82) is 0 Å². The first-order valence-corrected chi connectivity index (χ1v) is 10.1. The van der Waals surface area contributed by atoms with Crippen LogP contribution in [-0.2, 0) is 25.3 Å². The van der Waals surface area contributed by atoms with Gasteiger partial charge < -0.3 is 9.84 Å². The van der Waals surface area contributed by atoms with Crippen molar-refractivity contribution in [3.05, 3.63) is 21.9 Å². The molecule has 1 N–H and O–H groups in total. The van der Waals surface area contributed by atoms with E-state index in [0.29, 0.717) is 12.8 Å². The molecule has 7 heteroatoms. The number of esters is 1. The maximum Gasteiger partial charge on any atom is 0.408 e. The van der Waals surface area contributed by atoms with Crippen LogP contribution in [0.25, 0.3) is 0 Å². The standard InChI is InChI=1S/C20H29NO5S/c1-6-26-17(23)11-14(22)13-9-10-21(18(24)25)20(5,12-13)16-8-7-15(27-16)19(2,3)4/h7-8,13H,6,9-12H2,1-5H3,(H,24,25)/t13-,20+/m1/s1. The van der Waals surface area contributed by atoms with Gasteiger partial charge in [0.15, 0.2) is 0 Å². The van der Waals surface area contributed by atoms with Gasteiger partial charge >= 0.3 is 12.1 Å². The molecule has 1 aliphatic heterocycles. The Morgan fingerprint density at radius 3 is 2.52 bits per heavy atom. The predicted octanol–water partition coefficient (Wildman–Crippen LogP) is 4.17. The lowest BCUT2D eigenvalue weighted by molar-refractivity contribution is -0.147. The number of thiophene rings is 1. The Morgan fingerprint density at radius 1 is 1.33 bits per heavy atom. The number of nitrogens with zero attached hydrogens (tertiary/aromatic N) is 1. The number of carboxylic acid groups (broad SMARTS) is 1. The fourth-order valence-corrected chi connectivity index (χ4v) is 4.80. The van der Waals surface area contributed by atoms with E-state index in [1.54, 1.807) is 18.3 Å². The molecule has 1 aromatic heterocycles. The molecule has 27 heavy (non-hydrogen) atoms. The molecule has 1 aliphatic rings. The molecule has 0 radical (unpaired) electrons. The number of carbonyl (C=O) groups is 3. The molecule has 1 fully saturated rings. The third-order valence-electron chi connectivity index (χ3n) is 5.13. The summed E-state index contributed by atoms with van der Waals surface area (Å²) in [4.78, 5) is 39.6. The zero-order chi connectivity index (χ0) is 20.4. The van der Waals surface area contributed by atoms with Gasteiger partial charge in [-0.25, -0.2) is 4.79 Å². The monoisotopic (exact) mass is 395 g/mol. The Hall–Kier alpha value is -1.89. The molecular weight excluding hydrogens is 366 g/mol. The van der Waals surface area contributed by atoms with Crippen molar-refractivity contribution >= 4 is 29.2 Å². The van der Waals surface area contributed by atoms with E-state index in [4.69, 9.17) is 4.74 Å². The lowest BCUT2D eigenvalue weighted by atomic mass is 9.78. The summed E-state index contributed by atoms with van der Waals surface area (Å²) in [5.74, 6) is -1.04. The molecule has 2 rings (SSSR count). The number of ether oxygens (including phenoxy) is 1. The topological polar surface area (TPSA) is 83.9 Å². The lowest BCUT2D eigenvalue weighted by Gasteiger charge is -2.45. The van der Waals surface area contributed by atoms with Crippen LogP contribution in [0, 0.1) is 5.92 Å². The van der Waals surface area contributed by atoms with Crippen molar-refractivity contribution < 1.29 is 24.2 Å². The number of likely N-dealkylation sites (tertiary alicyclic amines) is 1. The molecule has 0 aliphatic carbocycles. The Kier molecular flexibility index (Phi) is 6.35. The summed E-state index contributed by atoms with van der Waals surface area (Å²) < 4.78 is 4.88. The van der Waals surface area contributed by atoms with E-state index in [1.165, 1.54) is 9.78 Å². The smallest absolute Gasteiger partial charge is 0.408 e. The van der Waals surface area contributed by atoms with Crippen LogP contribution in [0.5, 0.6) is 0 Å². The van der Waals surface area contributed by atoms with Crippen LogP contribution in [0.15, 0.2) is 12.1 Å². The second-order valence-corrected chi connectivity index (χ2v) is 9.34. The highest BCUT2D eigenvalue weighted by Gasteiger charge is 2.45. The summed E-state index contributed by atoms with van der Waals surface area (Å²) >= 11 is 1.59. The quantitative estimate of drug-likeness (QED) is 0.597. The van der Waals surface area contributed by atoms with Crippen LogP contribution in [0.3, 0.4) is 0 Å². The van der Waals surface area contributed by atoms with Crippen molar-refractivity contribution in [3.63, 3.8) is 0 Å². The van der Waals surface area contributed by atoms with Crippen molar-refractivity contribution in [2.75, 3.05) is 13.2 Å². The minimum absolute atomic E-state index is 0.0267. The van der Waals surface area contributed by atoms with Crippen molar-refractivity contribution in [2.24, 2.45) is 5.92 Å². The van der Waals surface area contributed by atoms with E-state index < -0.39 is 17.6 Å². The summed E-state index contributed by atoms with van der Waals surface area (Å²) in [5.41, 5.74) is -0.811. The van der Waals surface area contributed by atoms with Crippen molar-refractivity contribution in [2.45, 2.75) is 64.8 Å². The highest BCUT2D eigenvalue weighted by molar-refractivity contribution is 7.12. The summed E-state index contributed by atoms with van der Waals surface area (Å²) in [7, 11) is 0. The van der Waals surface area contributed by atoms with Gasteiger partial charge in [0.1, 0.15) is 12.2 Å². The van der Waals surface area contributed by atoms with Crippen LogP contribution in [0.2, 0.25) is 0 Å². The highest BCUT2D eigenvalue weighted by atomic mass is 32.1. The van der Waals surface area contributed by atoms with Crippen LogP contribution in [0.1, 0.15) is 63.6 Å². The average molecular weight is 396 g/mol.